The summed E-state index contributed by atoms with van der Waals surface area (Å²) in [6, 6.07) is 5.87. The SMILES string of the molecule is COC(=O)[C@H]1CC[C@@H](Nc2nc(C)ccc2C#N)C1. The van der Waals surface area contributed by atoms with Crippen LogP contribution in [0, 0.1) is 24.2 Å². The third kappa shape index (κ3) is 3.02. The van der Waals surface area contributed by atoms with Crippen molar-refractivity contribution in [1.29, 1.82) is 5.26 Å². The Kier molecular flexibility index (Phi) is 4.00. The fraction of sp³-hybridized carbons (Fsp3) is 0.500. The Morgan fingerprint density at radius 3 is 3.00 bits per heavy atom. The zero-order valence-electron chi connectivity index (χ0n) is 11.1. The van der Waals surface area contributed by atoms with Gasteiger partial charge in [-0.25, -0.2) is 4.98 Å². The molecule has 1 N–H and O–H groups in total. The van der Waals surface area contributed by atoms with E-state index in [1.807, 2.05) is 13.0 Å². The van der Waals surface area contributed by atoms with Gasteiger partial charge in [0, 0.05) is 11.7 Å². The lowest BCUT2D eigenvalue weighted by molar-refractivity contribution is -0.145. The van der Waals surface area contributed by atoms with E-state index < -0.39 is 0 Å². The van der Waals surface area contributed by atoms with Crippen LogP contribution in [0.4, 0.5) is 5.82 Å². The number of ether oxygens (including phenoxy) is 1. The molecule has 5 heteroatoms. The number of anilines is 1. The van der Waals surface area contributed by atoms with Crippen LogP contribution in [0.3, 0.4) is 0 Å². The van der Waals surface area contributed by atoms with Gasteiger partial charge in [-0.05, 0) is 38.3 Å². The number of pyridine rings is 1. The molecule has 1 aliphatic carbocycles. The summed E-state index contributed by atoms with van der Waals surface area (Å²) in [5.74, 6) is 0.415. The molecule has 0 aliphatic heterocycles. The highest BCUT2D eigenvalue weighted by Crippen LogP contribution is 2.29. The Hall–Kier alpha value is -2.09. The molecule has 1 fully saturated rings. The Morgan fingerprint density at radius 2 is 2.32 bits per heavy atom. The summed E-state index contributed by atoms with van der Waals surface area (Å²) in [5, 5.41) is 12.3. The van der Waals surface area contributed by atoms with E-state index in [9.17, 15) is 4.79 Å². The first-order valence-electron chi connectivity index (χ1n) is 6.36. The number of hydrogen-bond donors (Lipinski definition) is 1. The second kappa shape index (κ2) is 5.70. The van der Waals surface area contributed by atoms with Gasteiger partial charge in [0.15, 0.2) is 0 Å². The summed E-state index contributed by atoms with van der Waals surface area (Å²) in [6.07, 6.45) is 2.44. The topological polar surface area (TPSA) is 75.0 Å². The van der Waals surface area contributed by atoms with Crippen molar-refractivity contribution in [2.75, 3.05) is 12.4 Å². The summed E-state index contributed by atoms with van der Waals surface area (Å²) in [7, 11) is 1.42. The van der Waals surface area contributed by atoms with Crippen LogP contribution in [0.1, 0.15) is 30.5 Å². The third-order valence-corrected chi connectivity index (χ3v) is 3.46. The standard InChI is InChI=1S/C14H17N3O2/c1-9-3-4-11(8-15)13(16-9)17-12-6-5-10(7-12)14(18)19-2/h3-4,10,12H,5-7H2,1-2H3,(H,16,17)/t10-,12+/m0/s1. The molecule has 5 nitrogen and oxygen atoms in total. The van der Waals surface area contributed by atoms with E-state index in [0.717, 1.165) is 25.0 Å². The van der Waals surface area contributed by atoms with Crippen LogP contribution >= 0.6 is 0 Å². The maximum atomic E-state index is 11.5. The molecule has 0 bridgehead atoms. The number of aromatic nitrogens is 1. The number of nitriles is 1. The molecule has 0 unspecified atom stereocenters. The van der Waals surface area contributed by atoms with Crippen molar-refractivity contribution in [1.82, 2.24) is 4.98 Å². The number of methoxy groups -OCH3 is 1. The van der Waals surface area contributed by atoms with Crippen LogP contribution in [-0.4, -0.2) is 24.1 Å². The largest absolute Gasteiger partial charge is 0.469 e. The predicted molar refractivity (Wildman–Crippen MR) is 70.5 cm³/mol. The molecule has 0 saturated heterocycles. The number of hydrogen-bond acceptors (Lipinski definition) is 5. The molecule has 19 heavy (non-hydrogen) atoms. The highest BCUT2D eigenvalue weighted by atomic mass is 16.5. The van der Waals surface area contributed by atoms with Gasteiger partial charge in [-0.1, -0.05) is 0 Å². The average molecular weight is 259 g/mol. The first-order chi connectivity index (χ1) is 9.13. The number of rotatable bonds is 3. The van der Waals surface area contributed by atoms with Crippen molar-refractivity contribution in [3.63, 3.8) is 0 Å². The second-order valence-electron chi connectivity index (χ2n) is 4.84. The van der Waals surface area contributed by atoms with E-state index in [1.54, 1.807) is 6.07 Å². The van der Waals surface area contributed by atoms with Crippen LogP contribution in [0.2, 0.25) is 0 Å². The second-order valence-corrected chi connectivity index (χ2v) is 4.84. The maximum Gasteiger partial charge on any atom is 0.308 e. The monoisotopic (exact) mass is 259 g/mol. The molecule has 2 atom stereocenters. The number of nitrogens with one attached hydrogen (secondary N) is 1. The van der Waals surface area contributed by atoms with Crippen LogP contribution in [0.25, 0.3) is 0 Å². The first-order valence-corrected chi connectivity index (χ1v) is 6.36. The molecular formula is C14H17N3O2. The molecule has 0 amide bonds. The summed E-state index contributed by atoms with van der Waals surface area (Å²) in [4.78, 5) is 15.8. The summed E-state index contributed by atoms with van der Waals surface area (Å²) < 4.78 is 4.76. The Balaban J connectivity index is 2.05. The van der Waals surface area contributed by atoms with Crippen molar-refractivity contribution < 1.29 is 9.53 Å². The van der Waals surface area contributed by atoms with Gasteiger partial charge in [0.1, 0.15) is 11.9 Å². The Morgan fingerprint density at radius 1 is 1.53 bits per heavy atom. The fourth-order valence-corrected chi connectivity index (χ4v) is 2.44. The molecule has 0 aromatic carbocycles. The minimum Gasteiger partial charge on any atom is -0.469 e. The molecule has 1 heterocycles. The van der Waals surface area contributed by atoms with Gasteiger partial charge in [-0.2, -0.15) is 5.26 Å². The molecule has 100 valence electrons. The minimum atomic E-state index is -0.151. The molecule has 1 aliphatic rings. The van der Waals surface area contributed by atoms with Crippen LogP contribution < -0.4 is 5.32 Å². The molecule has 0 radical (unpaired) electrons. The highest BCUT2D eigenvalue weighted by Gasteiger charge is 2.31. The zero-order valence-corrected chi connectivity index (χ0v) is 11.1. The minimum absolute atomic E-state index is 0.0437. The van der Waals surface area contributed by atoms with Gasteiger partial charge in [0.25, 0.3) is 0 Å². The van der Waals surface area contributed by atoms with Crippen LogP contribution in [0.15, 0.2) is 12.1 Å². The van der Waals surface area contributed by atoms with Gasteiger partial charge in [0.2, 0.25) is 0 Å². The number of nitrogens with zero attached hydrogens (tertiary/aromatic N) is 2. The Bertz CT molecular complexity index is 522. The zero-order chi connectivity index (χ0) is 13.8. The van der Waals surface area contributed by atoms with Crippen molar-refractivity contribution in [3.05, 3.63) is 23.4 Å². The lowest BCUT2D eigenvalue weighted by Crippen LogP contribution is -2.20. The molecule has 0 spiro atoms. The van der Waals surface area contributed by atoms with Gasteiger partial charge in [0.05, 0.1) is 18.6 Å². The summed E-state index contributed by atoms with van der Waals surface area (Å²) >= 11 is 0. The molecular weight excluding hydrogens is 242 g/mol. The predicted octanol–water partition coefficient (Wildman–Crippen LogP) is 2.02. The fourth-order valence-electron chi connectivity index (χ4n) is 2.44. The number of aryl methyl sites for hydroxylation is 1. The van der Waals surface area contributed by atoms with Gasteiger partial charge < -0.3 is 10.1 Å². The van der Waals surface area contributed by atoms with E-state index in [1.165, 1.54) is 7.11 Å². The molecule has 1 saturated carbocycles. The van der Waals surface area contributed by atoms with E-state index in [2.05, 4.69) is 16.4 Å². The molecule has 1 aromatic heterocycles. The lowest BCUT2D eigenvalue weighted by Gasteiger charge is -2.14. The number of carbonyl (C=O) groups excluding carboxylic acids is 1. The maximum absolute atomic E-state index is 11.5. The Labute approximate surface area is 112 Å². The number of esters is 1. The molecule has 1 aromatic rings. The van der Waals surface area contributed by atoms with Crippen LogP contribution in [-0.2, 0) is 9.53 Å². The summed E-state index contributed by atoms with van der Waals surface area (Å²) in [6.45, 7) is 1.89. The first kappa shape index (κ1) is 13.3. The van der Waals surface area contributed by atoms with Crippen LogP contribution in [0.5, 0.6) is 0 Å². The van der Waals surface area contributed by atoms with Gasteiger partial charge >= 0.3 is 5.97 Å². The van der Waals surface area contributed by atoms with E-state index >= 15 is 0 Å². The van der Waals surface area contributed by atoms with Crippen molar-refractivity contribution in [3.8, 4) is 6.07 Å². The van der Waals surface area contributed by atoms with Gasteiger partial charge in [-0.15, -0.1) is 0 Å². The van der Waals surface area contributed by atoms with E-state index in [-0.39, 0.29) is 17.9 Å². The normalized spacial score (nSPS) is 21.7. The van der Waals surface area contributed by atoms with E-state index in [4.69, 9.17) is 10.00 Å². The van der Waals surface area contributed by atoms with Gasteiger partial charge in [-0.3, -0.25) is 4.79 Å². The van der Waals surface area contributed by atoms with Crippen molar-refractivity contribution >= 4 is 11.8 Å². The third-order valence-electron chi connectivity index (χ3n) is 3.46. The average Bonchev–Trinajstić information content (AvgIpc) is 2.86. The highest BCUT2D eigenvalue weighted by molar-refractivity contribution is 5.72. The van der Waals surface area contributed by atoms with Crippen molar-refractivity contribution in [2.45, 2.75) is 32.2 Å². The van der Waals surface area contributed by atoms with E-state index in [0.29, 0.717) is 11.4 Å². The van der Waals surface area contributed by atoms with Crippen molar-refractivity contribution in [2.24, 2.45) is 5.92 Å². The lowest BCUT2D eigenvalue weighted by atomic mass is 10.1. The smallest absolute Gasteiger partial charge is 0.308 e. The quantitative estimate of drug-likeness (QED) is 0.840. The molecule has 2 rings (SSSR count). The number of carbonyl (C=O) groups is 1. The summed E-state index contributed by atoms with van der Waals surface area (Å²) in [5.41, 5.74) is 1.40.